The highest BCUT2D eigenvalue weighted by molar-refractivity contribution is 7.99. The number of nitrogens with zero attached hydrogens (tertiary/aromatic N) is 2. The third-order valence-corrected chi connectivity index (χ3v) is 4.11. The molecule has 0 amide bonds. The van der Waals surface area contributed by atoms with Crippen LogP contribution in [0.2, 0.25) is 5.02 Å². The van der Waals surface area contributed by atoms with E-state index in [1.165, 1.54) is 11.8 Å². The first-order valence-corrected chi connectivity index (χ1v) is 7.91. The highest BCUT2D eigenvalue weighted by Crippen LogP contribution is 2.22. The SMILES string of the molecule is CC(C)[C@H]([NH3+])c1nnc(SCC(=O)c2ccc(Cl)cc2)o1.[Cl-]. The van der Waals surface area contributed by atoms with Gasteiger partial charge in [-0.1, -0.05) is 37.2 Å². The number of halogens is 2. The molecule has 0 saturated carbocycles. The number of hydrogen-bond donors (Lipinski definition) is 1. The monoisotopic (exact) mass is 361 g/mol. The Kier molecular flexibility index (Phi) is 7.35. The smallest absolute Gasteiger partial charge is 0.277 e. The second-order valence-electron chi connectivity index (χ2n) is 4.98. The number of thioether (sulfide) groups is 1. The Morgan fingerprint density at radius 3 is 2.55 bits per heavy atom. The molecule has 1 aromatic heterocycles. The second kappa shape index (κ2) is 8.53. The molecule has 1 atom stereocenters. The van der Waals surface area contributed by atoms with Crippen molar-refractivity contribution in [2.45, 2.75) is 25.1 Å². The Balaban J connectivity index is 0.00000242. The molecule has 3 N–H and O–H groups in total. The Labute approximate surface area is 144 Å². The minimum absolute atomic E-state index is 0. The fraction of sp³-hybridized carbons (Fsp3) is 0.357. The van der Waals surface area contributed by atoms with Crippen LogP contribution in [-0.2, 0) is 0 Å². The van der Waals surface area contributed by atoms with Gasteiger partial charge in [0.15, 0.2) is 11.8 Å². The molecule has 0 aliphatic carbocycles. The molecular weight excluding hydrogens is 345 g/mol. The number of carbonyl (C=O) groups excluding carboxylic acids is 1. The number of hydrogen-bond acceptors (Lipinski definition) is 5. The summed E-state index contributed by atoms with van der Waals surface area (Å²) in [7, 11) is 0. The van der Waals surface area contributed by atoms with Gasteiger partial charge >= 0.3 is 0 Å². The molecule has 0 fully saturated rings. The van der Waals surface area contributed by atoms with Crippen molar-refractivity contribution in [2.24, 2.45) is 5.92 Å². The average molecular weight is 362 g/mol. The largest absolute Gasteiger partial charge is 1.00 e. The zero-order valence-corrected chi connectivity index (χ0v) is 14.6. The number of Topliss-reactive ketones (excluding diaryl/α,β-unsaturated/α-hetero) is 1. The quantitative estimate of drug-likeness (QED) is 0.561. The summed E-state index contributed by atoms with van der Waals surface area (Å²) < 4.78 is 5.52. The van der Waals surface area contributed by atoms with E-state index < -0.39 is 0 Å². The molecule has 0 spiro atoms. The van der Waals surface area contributed by atoms with Gasteiger partial charge in [-0.2, -0.15) is 0 Å². The van der Waals surface area contributed by atoms with Gasteiger partial charge in [-0.25, -0.2) is 0 Å². The third-order valence-electron chi connectivity index (χ3n) is 3.04. The predicted octanol–water partition coefficient (Wildman–Crippen LogP) is -0.359. The standard InChI is InChI=1S/C14H16ClN3O2S.ClH/c1-8(2)12(16)13-17-18-14(20-13)21-7-11(19)9-3-5-10(15)6-4-9;/h3-6,8,12H,7,16H2,1-2H3;1H/t12-;/m0./s1. The second-order valence-corrected chi connectivity index (χ2v) is 6.34. The highest BCUT2D eigenvalue weighted by Gasteiger charge is 2.21. The van der Waals surface area contributed by atoms with E-state index in [2.05, 4.69) is 15.9 Å². The van der Waals surface area contributed by atoms with Crippen LogP contribution in [0.25, 0.3) is 0 Å². The van der Waals surface area contributed by atoms with Crippen LogP contribution < -0.4 is 18.1 Å². The zero-order chi connectivity index (χ0) is 15.4. The van der Waals surface area contributed by atoms with Crippen molar-refractivity contribution < 1.29 is 27.4 Å². The molecule has 0 bridgehead atoms. The van der Waals surface area contributed by atoms with Crippen molar-refractivity contribution in [3.63, 3.8) is 0 Å². The first kappa shape index (κ1) is 19.0. The van der Waals surface area contributed by atoms with Gasteiger partial charge in [0, 0.05) is 16.5 Å². The summed E-state index contributed by atoms with van der Waals surface area (Å²) >= 11 is 7.02. The Morgan fingerprint density at radius 1 is 1.32 bits per heavy atom. The molecule has 2 rings (SSSR count). The van der Waals surface area contributed by atoms with Gasteiger partial charge in [-0.05, 0) is 24.3 Å². The van der Waals surface area contributed by atoms with E-state index in [1.807, 2.05) is 13.8 Å². The fourth-order valence-electron chi connectivity index (χ4n) is 1.56. The number of aromatic nitrogens is 2. The van der Waals surface area contributed by atoms with E-state index in [0.29, 0.717) is 27.6 Å². The highest BCUT2D eigenvalue weighted by atomic mass is 35.5. The molecule has 0 aliphatic rings. The van der Waals surface area contributed by atoms with Crippen LogP contribution >= 0.6 is 23.4 Å². The van der Waals surface area contributed by atoms with Crippen LogP contribution in [0.5, 0.6) is 0 Å². The maximum atomic E-state index is 12.0. The van der Waals surface area contributed by atoms with Crippen molar-refractivity contribution in [1.82, 2.24) is 10.2 Å². The summed E-state index contributed by atoms with van der Waals surface area (Å²) in [6.45, 7) is 4.08. The van der Waals surface area contributed by atoms with E-state index >= 15 is 0 Å². The number of ketones is 1. The molecule has 0 aliphatic heterocycles. The summed E-state index contributed by atoms with van der Waals surface area (Å²) in [4.78, 5) is 12.0. The van der Waals surface area contributed by atoms with Crippen LogP contribution in [0.3, 0.4) is 0 Å². The molecule has 120 valence electrons. The van der Waals surface area contributed by atoms with Crippen LogP contribution in [-0.4, -0.2) is 21.7 Å². The van der Waals surface area contributed by atoms with Gasteiger partial charge in [0.25, 0.3) is 11.1 Å². The van der Waals surface area contributed by atoms with E-state index in [0.717, 1.165) is 0 Å². The molecular formula is C14H17Cl2N3O2S. The first-order chi connectivity index (χ1) is 9.97. The Bertz CT molecular complexity index is 617. The van der Waals surface area contributed by atoms with Crippen molar-refractivity contribution in [1.29, 1.82) is 0 Å². The van der Waals surface area contributed by atoms with Gasteiger partial charge in [0.05, 0.1) is 5.75 Å². The van der Waals surface area contributed by atoms with Crippen LogP contribution in [0, 0.1) is 5.92 Å². The first-order valence-electron chi connectivity index (χ1n) is 6.55. The van der Waals surface area contributed by atoms with E-state index in [1.54, 1.807) is 24.3 Å². The molecule has 0 radical (unpaired) electrons. The summed E-state index contributed by atoms with van der Waals surface area (Å²) in [6.07, 6.45) is 0. The van der Waals surface area contributed by atoms with Gasteiger partial charge in [-0.15, -0.1) is 10.2 Å². The third kappa shape index (κ3) is 4.98. The van der Waals surface area contributed by atoms with E-state index in [4.69, 9.17) is 16.0 Å². The lowest BCUT2D eigenvalue weighted by Gasteiger charge is -2.05. The topological polar surface area (TPSA) is 83.6 Å². The molecule has 1 heterocycles. The number of quaternary nitrogens is 1. The minimum Gasteiger partial charge on any atom is -1.00 e. The maximum absolute atomic E-state index is 12.0. The summed E-state index contributed by atoms with van der Waals surface area (Å²) in [5, 5.41) is 8.90. The zero-order valence-electron chi connectivity index (χ0n) is 12.3. The lowest BCUT2D eigenvalue weighted by atomic mass is 10.1. The van der Waals surface area contributed by atoms with Crippen LogP contribution in [0.4, 0.5) is 0 Å². The molecule has 22 heavy (non-hydrogen) atoms. The van der Waals surface area contributed by atoms with Gasteiger partial charge in [0.1, 0.15) is 0 Å². The lowest BCUT2D eigenvalue weighted by Crippen LogP contribution is -3.00. The number of carbonyl (C=O) groups is 1. The van der Waals surface area contributed by atoms with Gasteiger partial charge in [-0.3, -0.25) is 4.79 Å². The van der Waals surface area contributed by atoms with Crippen molar-refractivity contribution in [3.8, 4) is 0 Å². The molecule has 8 heteroatoms. The number of benzene rings is 1. The van der Waals surface area contributed by atoms with Crippen LogP contribution in [0.15, 0.2) is 33.9 Å². The molecule has 5 nitrogen and oxygen atoms in total. The molecule has 0 saturated heterocycles. The summed E-state index contributed by atoms with van der Waals surface area (Å²) in [5.41, 5.74) is 4.60. The fourth-order valence-corrected chi connectivity index (χ4v) is 2.35. The van der Waals surface area contributed by atoms with E-state index in [-0.39, 0.29) is 30.0 Å². The van der Waals surface area contributed by atoms with Crippen LogP contribution in [0.1, 0.15) is 36.1 Å². The summed E-state index contributed by atoms with van der Waals surface area (Å²) in [6, 6.07) is 6.75. The van der Waals surface area contributed by atoms with Gasteiger partial charge in [0.2, 0.25) is 0 Å². The minimum atomic E-state index is -0.0428. The molecule has 2 aromatic rings. The Morgan fingerprint density at radius 2 is 1.95 bits per heavy atom. The number of rotatable bonds is 6. The van der Waals surface area contributed by atoms with Crippen molar-refractivity contribution in [3.05, 3.63) is 40.7 Å². The summed E-state index contributed by atoms with van der Waals surface area (Å²) in [5.74, 6) is 1.06. The van der Waals surface area contributed by atoms with Crippen molar-refractivity contribution >= 4 is 29.1 Å². The maximum Gasteiger partial charge on any atom is 0.277 e. The molecule has 0 unspecified atom stereocenters. The van der Waals surface area contributed by atoms with Crippen molar-refractivity contribution in [2.75, 3.05) is 5.75 Å². The lowest BCUT2D eigenvalue weighted by molar-refractivity contribution is -0.443. The Hall–Kier alpha value is -1.08. The normalized spacial score (nSPS) is 12.0. The van der Waals surface area contributed by atoms with Gasteiger partial charge < -0.3 is 22.6 Å². The average Bonchev–Trinajstić information content (AvgIpc) is 2.93. The van der Waals surface area contributed by atoms with E-state index in [9.17, 15) is 4.79 Å². The molecule has 1 aromatic carbocycles. The predicted molar refractivity (Wildman–Crippen MR) is 81.3 cm³/mol.